The van der Waals surface area contributed by atoms with Crippen LogP contribution in [-0.2, 0) is 16.1 Å². The van der Waals surface area contributed by atoms with E-state index in [4.69, 9.17) is 14.8 Å². The summed E-state index contributed by atoms with van der Waals surface area (Å²) in [7, 11) is 1.46. The second-order valence-electron chi connectivity index (χ2n) is 7.35. The second kappa shape index (κ2) is 11.3. The summed E-state index contributed by atoms with van der Waals surface area (Å²) in [6.07, 6.45) is 1.59. The quantitative estimate of drug-likeness (QED) is 0.280. The minimum absolute atomic E-state index is 0. The number of methoxy groups -OCH3 is 1. The minimum Gasteiger partial charge on any atom is -0.469 e. The van der Waals surface area contributed by atoms with Gasteiger partial charge in [-0.3, -0.25) is 4.79 Å². The lowest BCUT2D eigenvalue weighted by molar-refractivity contribution is -0.146. The number of aryl methyl sites for hydroxylation is 1. The van der Waals surface area contributed by atoms with Crippen LogP contribution in [0.15, 0.2) is 35.3 Å². The van der Waals surface area contributed by atoms with Gasteiger partial charge in [0.1, 0.15) is 0 Å². The Labute approximate surface area is 195 Å². The first-order chi connectivity index (χ1) is 14.0. The van der Waals surface area contributed by atoms with Gasteiger partial charge in [-0.25, -0.2) is 9.67 Å². The highest BCUT2D eigenvalue weighted by atomic mass is 127. The highest BCUT2D eigenvalue weighted by Gasteiger charge is 2.27. The molecule has 1 fully saturated rings. The van der Waals surface area contributed by atoms with Gasteiger partial charge in [0, 0.05) is 30.9 Å². The molecule has 7 nitrogen and oxygen atoms in total. The molecule has 1 aliphatic rings. The fourth-order valence-corrected chi connectivity index (χ4v) is 3.80. The second-order valence-corrected chi connectivity index (χ2v) is 7.35. The number of aromatic nitrogens is 2. The van der Waals surface area contributed by atoms with Gasteiger partial charge in [-0.15, -0.1) is 24.0 Å². The van der Waals surface area contributed by atoms with Crippen molar-refractivity contribution in [2.24, 2.45) is 10.9 Å². The largest absolute Gasteiger partial charge is 0.469 e. The van der Waals surface area contributed by atoms with Gasteiger partial charge in [-0.05, 0) is 45.7 Å². The van der Waals surface area contributed by atoms with Crippen molar-refractivity contribution in [2.75, 3.05) is 26.7 Å². The van der Waals surface area contributed by atoms with Gasteiger partial charge in [0.05, 0.1) is 31.0 Å². The van der Waals surface area contributed by atoms with E-state index in [0.717, 1.165) is 61.1 Å². The molecule has 0 spiro atoms. The molecule has 8 heteroatoms. The number of esters is 1. The fraction of sp³-hybridized carbons (Fsp3) is 0.500. The van der Waals surface area contributed by atoms with Gasteiger partial charge in [0.2, 0.25) is 0 Å². The molecule has 0 aliphatic carbocycles. The van der Waals surface area contributed by atoms with Crippen LogP contribution < -0.4 is 5.32 Å². The topological polar surface area (TPSA) is 71.8 Å². The van der Waals surface area contributed by atoms with Crippen molar-refractivity contribution in [1.82, 2.24) is 20.0 Å². The molecule has 0 radical (unpaired) electrons. The molecule has 0 amide bonds. The van der Waals surface area contributed by atoms with Crippen LogP contribution in [0.3, 0.4) is 0 Å². The Kier molecular flexibility index (Phi) is 9.13. The molecule has 2 aromatic rings. The summed E-state index contributed by atoms with van der Waals surface area (Å²) < 4.78 is 6.87. The maximum atomic E-state index is 11.8. The SMILES string of the molecule is CCNC(=NCc1c(C)nn(-c2ccccc2)c1C)N1CCC(C(=O)OC)CC1.I. The van der Waals surface area contributed by atoms with Crippen LogP contribution in [-0.4, -0.2) is 53.4 Å². The van der Waals surface area contributed by atoms with Crippen LogP contribution in [0.4, 0.5) is 0 Å². The molecular weight excluding hydrogens is 493 g/mol. The lowest BCUT2D eigenvalue weighted by atomic mass is 9.97. The molecule has 1 aliphatic heterocycles. The fourth-order valence-electron chi connectivity index (χ4n) is 3.80. The van der Waals surface area contributed by atoms with E-state index in [2.05, 4.69) is 36.2 Å². The minimum atomic E-state index is -0.105. The number of piperidine rings is 1. The highest BCUT2D eigenvalue weighted by molar-refractivity contribution is 14.0. The average Bonchev–Trinajstić information content (AvgIpc) is 3.05. The zero-order chi connectivity index (χ0) is 20.8. The number of rotatable bonds is 5. The third-order valence-electron chi connectivity index (χ3n) is 5.49. The zero-order valence-electron chi connectivity index (χ0n) is 18.2. The number of carbonyl (C=O) groups is 1. The Morgan fingerprint density at radius 3 is 2.50 bits per heavy atom. The van der Waals surface area contributed by atoms with E-state index >= 15 is 0 Å². The predicted octanol–water partition coefficient (Wildman–Crippen LogP) is 3.46. The summed E-state index contributed by atoms with van der Waals surface area (Å²) in [5.41, 5.74) is 4.31. The first-order valence-corrected chi connectivity index (χ1v) is 10.3. The van der Waals surface area contributed by atoms with Crippen LogP contribution >= 0.6 is 24.0 Å². The number of hydrogen-bond donors (Lipinski definition) is 1. The summed E-state index contributed by atoms with van der Waals surface area (Å²) in [5.74, 6) is 0.779. The normalized spacial score (nSPS) is 14.9. The lowest BCUT2D eigenvalue weighted by Gasteiger charge is -2.33. The number of nitrogens with zero attached hydrogens (tertiary/aromatic N) is 4. The van der Waals surface area contributed by atoms with Gasteiger partial charge < -0.3 is 15.0 Å². The number of benzene rings is 1. The Balaban J connectivity index is 0.00000320. The van der Waals surface area contributed by atoms with E-state index in [1.807, 2.05) is 29.8 Å². The first kappa shape index (κ1) is 24.2. The number of nitrogens with one attached hydrogen (secondary N) is 1. The number of ether oxygens (including phenoxy) is 1. The molecule has 3 rings (SSSR count). The van der Waals surface area contributed by atoms with Gasteiger partial charge in [0.25, 0.3) is 0 Å². The van der Waals surface area contributed by atoms with Crippen molar-refractivity contribution in [2.45, 2.75) is 40.2 Å². The molecule has 1 aromatic heterocycles. The number of aliphatic imine (C=N–C) groups is 1. The Morgan fingerprint density at radius 1 is 1.23 bits per heavy atom. The molecule has 1 aromatic carbocycles. The molecule has 1 N–H and O–H groups in total. The van der Waals surface area contributed by atoms with Gasteiger partial charge in [0.15, 0.2) is 5.96 Å². The van der Waals surface area contributed by atoms with Crippen molar-refractivity contribution < 1.29 is 9.53 Å². The predicted molar refractivity (Wildman–Crippen MR) is 130 cm³/mol. The molecule has 30 heavy (non-hydrogen) atoms. The van der Waals surface area contributed by atoms with Crippen LogP contribution in [0.1, 0.15) is 36.7 Å². The maximum absolute atomic E-state index is 11.8. The number of likely N-dealkylation sites (tertiary alicyclic amines) is 1. The van der Waals surface area contributed by atoms with Crippen LogP contribution in [0, 0.1) is 19.8 Å². The molecule has 0 unspecified atom stereocenters. The van der Waals surface area contributed by atoms with Gasteiger partial charge in [-0.2, -0.15) is 5.10 Å². The molecular formula is C22H32IN5O2. The van der Waals surface area contributed by atoms with Crippen molar-refractivity contribution in [3.8, 4) is 5.69 Å². The van der Waals surface area contributed by atoms with Crippen LogP contribution in [0.25, 0.3) is 5.69 Å². The van der Waals surface area contributed by atoms with Crippen LogP contribution in [0.5, 0.6) is 0 Å². The van der Waals surface area contributed by atoms with E-state index in [1.165, 1.54) is 7.11 Å². The van der Waals surface area contributed by atoms with Crippen molar-refractivity contribution in [3.05, 3.63) is 47.3 Å². The van der Waals surface area contributed by atoms with Crippen LogP contribution in [0.2, 0.25) is 0 Å². The number of halogens is 1. The summed E-state index contributed by atoms with van der Waals surface area (Å²) in [6, 6.07) is 10.2. The van der Waals surface area contributed by atoms with Crippen molar-refractivity contribution in [1.29, 1.82) is 0 Å². The Morgan fingerprint density at radius 2 is 1.90 bits per heavy atom. The number of hydrogen-bond acceptors (Lipinski definition) is 4. The van der Waals surface area contributed by atoms with Gasteiger partial charge in [-0.1, -0.05) is 18.2 Å². The smallest absolute Gasteiger partial charge is 0.308 e. The van der Waals surface area contributed by atoms with E-state index < -0.39 is 0 Å². The summed E-state index contributed by atoms with van der Waals surface area (Å²) in [6.45, 7) is 9.17. The average molecular weight is 525 g/mol. The summed E-state index contributed by atoms with van der Waals surface area (Å²) in [4.78, 5) is 18.9. The molecule has 164 valence electrons. The highest BCUT2D eigenvalue weighted by Crippen LogP contribution is 2.21. The zero-order valence-corrected chi connectivity index (χ0v) is 20.6. The molecule has 1 saturated heterocycles. The molecule has 2 heterocycles. The lowest BCUT2D eigenvalue weighted by Crippen LogP contribution is -2.46. The standard InChI is InChI=1S/C22H31N5O2.HI/c1-5-23-22(26-13-11-18(12-14-26)21(28)29-4)24-15-20-16(2)25-27(17(20)3)19-9-7-6-8-10-19;/h6-10,18H,5,11-15H2,1-4H3,(H,23,24);1H. The van der Waals surface area contributed by atoms with E-state index in [1.54, 1.807) is 0 Å². The van der Waals surface area contributed by atoms with Crippen molar-refractivity contribution >= 4 is 35.9 Å². The third kappa shape index (κ3) is 5.53. The Hall–Kier alpha value is -2.10. The first-order valence-electron chi connectivity index (χ1n) is 10.3. The monoisotopic (exact) mass is 525 g/mol. The molecule has 0 bridgehead atoms. The molecule has 0 atom stereocenters. The number of carbonyl (C=O) groups excluding carboxylic acids is 1. The van der Waals surface area contributed by atoms with E-state index in [-0.39, 0.29) is 35.9 Å². The number of guanidine groups is 1. The van der Waals surface area contributed by atoms with E-state index in [0.29, 0.717) is 6.54 Å². The van der Waals surface area contributed by atoms with E-state index in [9.17, 15) is 4.79 Å². The van der Waals surface area contributed by atoms with Gasteiger partial charge >= 0.3 is 5.97 Å². The molecule has 0 saturated carbocycles. The summed E-state index contributed by atoms with van der Waals surface area (Å²) >= 11 is 0. The maximum Gasteiger partial charge on any atom is 0.308 e. The Bertz CT molecular complexity index is 858. The number of para-hydroxylation sites is 1. The van der Waals surface area contributed by atoms with Crippen molar-refractivity contribution in [3.63, 3.8) is 0 Å². The summed E-state index contributed by atoms with van der Waals surface area (Å²) in [5, 5.41) is 8.11. The third-order valence-corrected chi connectivity index (χ3v) is 5.49.